The lowest BCUT2D eigenvalue weighted by atomic mass is 9.80. The van der Waals surface area contributed by atoms with E-state index in [1.54, 1.807) is 6.26 Å². The Balaban J connectivity index is 2.13. The maximum atomic E-state index is 5.64. The van der Waals surface area contributed by atoms with Crippen molar-refractivity contribution in [2.75, 3.05) is 11.9 Å². The molecule has 1 fully saturated rings. The average molecular weight is 259 g/mol. The third kappa shape index (κ3) is 1.75. The Hall–Kier alpha value is -0.280. The predicted molar refractivity (Wildman–Crippen MR) is 58.7 cm³/mol. The van der Waals surface area contributed by atoms with Gasteiger partial charge in [-0.25, -0.2) is 0 Å². The maximum absolute atomic E-state index is 5.64. The quantitative estimate of drug-likeness (QED) is 0.778. The van der Waals surface area contributed by atoms with E-state index in [1.165, 1.54) is 0 Å². The summed E-state index contributed by atoms with van der Waals surface area (Å²) in [6, 6.07) is 3.98. The predicted octanol–water partition coefficient (Wildman–Crippen LogP) is 3.01. The molecule has 0 N–H and O–H groups in total. The molecule has 78 valence electrons. The Bertz CT molecular complexity index is 283. The molecule has 2 nitrogen and oxygen atoms in total. The molecular formula is C11H15BrO2. The molecule has 2 rings (SSSR count). The second-order valence-corrected chi connectivity index (χ2v) is 4.58. The third-order valence-electron chi connectivity index (χ3n) is 3.20. The molecule has 1 aromatic rings. The van der Waals surface area contributed by atoms with Crippen LogP contribution in [0.2, 0.25) is 0 Å². The SMILES string of the molecule is CC1OCCC1(CBr)Cc1ccco1. The van der Waals surface area contributed by atoms with E-state index in [-0.39, 0.29) is 5.41 Å². The van der Waals surface area contributed by atoms with Gasteiger partial charge < -0.3 is 9.15 Å². The number of alkyl halides is 1. The van der Waals surface area contributed by atoms with E-state index in [2.05, 4.69) is 22.9 Å². The van der Waals surface area contributed by atoms with Gasteiger partial charge in [-0.05, 0) is 25.5 Å². The van der Waals surface area contributed by atoms with Crippen molar-refractivity contribution in [2.45, 2.75) is 25.9 Å². The van der Waals surface area contributed by atoms with Crippen molar-refractivity contribution >= 4 is 15.9 Å². The summed E-state index contributed by atoms with van der Waals surface area (Å²) in [6.45, 7) is 3.02. The molecule has 2 unspecified atom stereocenters. The Labute approximate surface area is 92.8 Å². The first-order valence-corrected chi connectivity index (χ1v) is 6.09. The monoisotopic (exact) mass is 258 g/mol. The van der Waals surface area contributed by atoms with Gasteiger partial charge in [0.15, 0.2) is 0 Å². The van der Waals surface area contributed by atoms with Crippen molar-refractivity contribution in [1.82, 2.24) is 0 Å². The number of furan rings is 1. The average Bonchev–Trinajstić information content (AvgIpc) is 2.79. The Morgan fingerprint density at radius 1 is 1.64 bits per heavy atom. The molecule has 0 aromatic carbocycles. The zero-order chi connectivity index (χ0) is 10.0. The largest absolute Gasteiger partial charge is 0.469 e. The topological polar surface area (TPSA) is 22.4 Å². The Morgan fingerprint density at radius 3 is 3.00 bits per heavy atom. The number of rotatable bonds is 3. The van der Waals surface area contributed by atoms with Gasteiger partial charge in [-0.15, -0.1) is 0 Å². The van der Waals surface area contributed by atoms with Gasteiger partial charge in [0, 0.05) is 23.8 Å². The van der Waals surface area contributed by atoms with Crippen LogP contribution in [0.25, 0.3) is 0 Å². The first-order valence-electron chi connectivity index (χ1n) is 4.97. The normalized spacial score (nSPS) is 32.3. The summed E-state index contributed by atoms with van der Waals surface area (Å²) in [7, 11) is 0. The molecule has 1 saturated heterocycles. The fourth-order valence-corrected chi connectivity index (χ4v) is 2.97. The summed E-state index contributed by atoms with van der Waals surface area (Å²) >= 11 is 3.60. The van der Waals surface area contributed by atoms with Crippen molar-refractivity contribution < 1.29 is 9.15 Å². The van der Waals surface area contributed by atoms with Crippen LogP contribution in [0.4, 0.5) is 0 Å². The smallest absolute Gasteiger partial charge is 0.104 e. The van der Waals surface area contributed by atoms with E-state index in [0.717, 1.165) is 30.5 Å². The Morgan fingerprint density at radius 2 is 2.50 bits per heavy atom. The molecular weight excluding hydrogens is 244 g/mol. The van der Waals surface area contributed by atoms with E-state index < -0.39 is 0 Å². The molecule has 1 aromatic heterocycles. The van der Waals surface area contributed by atoms with Gasteiger partial charge >= 0.3 is 0 Å². The van der Waals surface area contributed by atoms with Crippen LogP contribution in [0.15, 0.2) is 22.8 Å². The van der Waals surface area contributed by atoms with Crippen LogP contribution in [-0.2, 0) is 11.2 Å². The van der Waals surface area contributed by atoms with Crippen molar-refractivity contribution in [3.05, 3.63) is 24.2 Å². The molecule has 0 spiro atoms. The van der Waals surface area contributed by atoms with E-state index in [9.17, 15) is 0 Å². The molecule has 0 saturated carbocycles. The number of hydrogen-bond acceptors (Lipinski definition) is 2. The third-order valence-corrected chi connectivity index (χ3v) is 4.32. The first kappa shape index (κ1) is 10.2. The van der Waals surface area contributed by atoms with Crippen molar-refractivity contribution in [3.8, 4) is 0 Å². The fraction of sp³-hybridized carbons (Fsp3) is 0.636. The van der Waals surface area contributed by atoms with Gasteiger partial charge in [-0.2, -0.15) is 0 Å². The molecule has 0 radical (unpaired) electrons. The lowest BCUT2D eigenvalue weighted by Crippen LogP contribution is -2.32. The second-order valence-electron chi connectivity index (χ2n) is 4.02. The highest BCUT2D eigenvalue weighted by molar-refractivity contribution is 9.09. The minimum Gasteiger partial charge on any atom is -0.469 e. The maximum Gasteiger partial charge on any atom is 0.104 e. The van der Waals surface area contributed by atoms with Gasteiger partial charge in [0.25, 0.3) is 0 Å². The first-order chi connectivity index (χ1) is 6.77. The van der Waals surface area contributed by atoms with Crippen LogP contribution >= 0.6 is 15.9 Å². The van der Waals surface area contributed by atoms with Crippen LogP contribution in [0.3, 0.4) is 0 Å². The van der Waals surface area contributed by atoms with Crippen LogP contribution in [-0.4, -0.2) is 18.0 Å². The highest BCUT2D eigenvalue weighted by Crippen LogP contribution is 2.39. The highest BCUT2D eigenvalue weighted by Gasteiger charge is 2.41. The van der Waals surface area contributed by atoms with Crippen LogP contribution in [0.1, 0.15) is 19.1 Å². The minimum atomic E-state index is 0.220. The van der Waals surface area contributed by atoms with Gasteiger partial charge in [0.05, 0.1) is 12.4 Å². The van der Waals surface area contributed by atoms with Gasteiger partial charge in [-0.3, -0.25) is 0 Å². The zero-order valence-corrected chi connectivity index (χ0v) is 9.92. The van der Waals surface area contributed by atoms with Crippen molar-refractivity contribution in [2.24, 2.45) is 5.41 Å². The highest BCUT2D eigenvalue weighted by atomic mass is 79.9. The molecule has 3 heteroatoms. The van der Waals surface area contributed by atoms with E-state index in [4.69, 9.17) is 9.15 Å². The standard InChI is InChI=1S/C11H15BrO2/c1-9-11(8-12,4-6-13-9)7-10-3-2-5-14-10/h2-3,5,9H,4,6-8H2,1H3. The van der Waals surface area contributed by atoms with Crippen LogP contribution < -0.4 is 0 Å². The minimum absolute atomic E-state index is 0.220. The molecule has 1 aliphatic heterocycles. The van der Waals surface area contributed by atoms with Gasteiger partial charge in [0.1, 0.15) is 5.76 Å². The summed E-state index contributed by atoms with van der Waals surface area (Å²) in [5.74, 6) is 1.06. The molecule has 2 atom stereocenters. The molecule has 2 heterocycles. The molecule has 0 aliphatic carbocycles. The molecule has 1 aliphatic rings. The zero-order valence-electron chi connectivity index (χ0n) is 8.33. The molecule has 14 heavy (non-hydrogen) atoms. The summed E-state index contributed by atoms with van der Waals surface area (Å²) < 4.78 is 11.0. The summed E-state index contributed by atoms with van der Waals surface area (Å²) in [5.41, 5.74) is 0.220. The van der Waals surface area contributed by atoms with Crippen molar-refractivity contribution in [3.63, 3.8) is 0 Å². The van der Waals surface area contributed by atoms with E-state index in [1.807, 2.05) is 12.1 Å². The number of halogens is 1. The van der Waals surface area contributed by atoms with Crippen LogP contribution in [0.5, 0.6) is 0 Å². The number of ether oxygens (including phenoxy) is 1. The van der Waals surface area contributed by atoms with Crippen molar-refractivity contribution in [1.29, 1.82) is 0 Å². The molecule has 0 bridgehead atoms. The summed E-state index contributed by atoms with van der Waals surface area (Å²) in [6.07, 6.45) is 4.12. The van der Waals surface area contributed by atoms with Gasteiger partial charge in [-0.1, -0.05) is 15.9 Å². The second kappa shape index (κ2) is 4.07. The van der Waals surface area contributed by atoms with Gasteiger partial charge in [0.2, 0.25) is 0 Å². The number of hydrogen-bond donors (Lipinski definition) is 0. The lowest BCUT2D eigenvalue weighted by molar-refractivity contribution is 0.0723. The fourth-order valence-electron chi connectivity index (χ4n) is 2.03. The summed E-state index contributed by atoms with van der Waals surface area (Å²) in [5, 5.41) is 0.974. The lowest BCUT2D eigenvalue weighted by Gasteiger charge is -2.29. The van der Waals surface area contributed by atoms with Crippen LogP contribution in [0, 0.1) is 5.41 Å². The summed E-state index contributed by atoms with van der Waals surface area (Å²) in [4.78, 5) is 0. The van der Waals surface area contributed by atoms with E-state index in [0.29, 0.717) is 6.10 Å². The Kier molecular flexibility index (Phi) is 2.98. The van der Waals surface area contributed by atoms with E-state index >= 15 is 0 Å². The molecule has 0 amide bonds.